The van der Waals surface area contributed by atoms with Crippen molar-refractivity contribution in [3.05, 3.63) is 71.2 Å². The van der Waals surface area contributed by atoms with E-state index in [4.69, 9.17) is 34.7 Å². The minimum absolute atomic E-state index is 0.191. The predicted octanol–water partition coefficient (Wildman–Crippen LogP) is 4.21. The molecule has 2 aromatic heterocycles. The Balaban J connectivity index is 1.15. The molecule has 32 heteroatoms. The number of nitrogens with two attached hydrogens (primary N) is 2. The van der Waals surface area contributed by atoms with E-state index in [0.29, 0.717) is 11.4 Å². The second-order valence-corrected chi connectivity index (χ2v) is 19.2. The van der Waals surface area contributed by atoms with Crippen LogP contribution in [-0.2, 0) is 40.5 Å². The smallest absolute Gasteiger partial charge is 0.296 e. The second kappa shape index (κ2) is 16.1. The second-order valence-electron chi connectivity index (χ2n) is 12.9. The summed E-state index contributed by atoms with van der Waals surface area (Å²) in [6.07, 6.45) is 0. The number of nitrogens with zero attached hydrogens (tertiary/aromatic N) is 6. The van der Waals surface area contributed by atoms with Crippen LogP contribution in [0.5, 0.6) is 11.5 Å². The molecule has 0 unspecified atom stereocenters. The molecule has 0 bridgehead atoms. The van der Waals surface area contributed by atoms with Gasteiger partial charge in [-0.25, -0.2) is 0 Å². The monoisotopic (exact) mass is 998 g/mol. The summed E-state index contributed by atoms with van der Waals surface area (Å²) in [4.78, 5) is 20.8. The molecule has 64 heavy (non-hydrogen) atoms. The minimum atomic E-state index is -5.01. The Morgan fingerprint density at radius 2 is 0.766 bits per heavy atom. The number of hydrogen-bond donors (Lipinski definition) is 12. The van der Waals surface area contributed by atoms with Crippen molar-refractivity contribution in [2.45, 2.75) is 19.6 Å². The van der Waals surface area contributed by atoms with Crippen molar-refractivity contribution in [1.82, 2.24) is 29.9 Å². The molecular weight excluding hydrogens is 976 g/mol. The molecule has 0 radical (unpaired) electrons. The lowest BCUT2D eigenvalue weighted by Crippen LogP contribution is -2.08. The largest absolute Gasteiger partial charge is 0.505 e. The lowest BCUT2D eigenvalue weighted by molar-refractivity contribution is 0.473. The molecule has 0 aliphatic carbocycles. The first kappa shape index (κ1) is 45.3. The highest BCUT2D eigenvalue weighted by Crippen LogP contribution is 2.44. The van der Waals surface area contributed by atoms with E-state index in [1.807, 2.05) is 0 Å². The molecule has 5 aromatic carbocycles. The van der Waals surface area contributed by atoms with Gasteiger partial charge < -0.3 is 42.9 Å². The molecule has 7 rings (SSSR count). The standard InChI is InChI=1S/C32H24Cl2N12O14S4/c33-27-41-29(45-31(43-27)39-17-9-15(61(49,50)51)5-11-7-19(63(55,56)57)23(35)25(47)21(11)17)37-13-1-2-14(4-3-13)38-30-42-28(34)44-32(46-30)40-18-10-16(62(52,53)54)6-12-8-20(64(58,59)60)24(36)26(48)22(12)18/h1-10,47-48H,35-36H2,(H,49,50,51)(H,52,53,54)(H,55,56,57)(H,58,59,60)(H2,37,39,41,43,45)(H2,38,40,42,44,46). The number of benzene rings is 5. The molecule has 0 amide bonds. The maximum Gasteiger partial charge on any atom is 0.296 e. The number of phenols is 2. The van der Waals surface area contributed by atoms with Crippen LogP contribution < -0.4 is 32.7 Å². The summed E-state index contributed by atoms with van der Waals surface area (Å²) < 4.78 is 135. The van der Waals surface area contributed by atoms with Crippen LogP contribution in [0.1, 0.15) is 0 Å². The quantitative estimate of drug-likeness (QED) is 0.0463. The minimum Gasteiger partial charge on any atom is -0.505 e. The van der Waals surface area contributed by atoms with Crippen molar-refractivity contribution in [1.29, 1.82) is 0 Å². The van der Waals surface area contributed by atoms with Gasteiger partial charge in [-0.15, -0.1) is 0 Å². The third-order valence-corrected chi connectivity index (χ3v) is 12.4. The Hall–Kier alpha value is -6.74. The van der Waals surface area contributed by atoms with Gasteiger partial charge in [-0.05, 0) is 94.6 Å². The summed E-state index contributed by atoms with van der Waals surface area (Å²) >= 11 is 12.3. The average Bonchev–Trinajstić information content (AvgIpc) is 3.16. The first-order valence-corrected chi connectivity index (χ1v) is 23.3. The SMILES string of the molecule is Nc1c(S(=O)(=O)O)cc2cc(S(=O)(=O)O)cc(Nc3nc(Cl)nc(Nc4ccc(Nc5nc(Cl)nc(Nc6cc(S(=O)(=O)O)cc7cc(S(=O)(=O)O)c(N)c(O)c67)n5)cc4)n3)c2c1O. The fourth-order valence-electron chi connectivity index (χ4n) is 5.95. The number of halogens is 2. The number of aromatic nitrogens is 6. The molecule has 0 fully saturated rings. The number of anilines is 10. The van der Waals surface area contributed by atoms with Crippen LogP contribution in [0.3, 0.4) is 0 Å². The van der Waals surface area contributed by atoms with Crippen LogP contribution in [0.2, 0.25) is 10.6 Å². The third-order valence-electron chi connectivity index (χ3n) is 8.63. The molecule has 0 aliphatic heterocycles. The molecule has 7 aromatic rings. The van der Waals surface area contributed by atoms with Gasteiger partial charge in [0, 0.05) is 22.1 Å². The Bertz CT molecular complexity index is 3360. The van der Waals surface area contributed by atoms with Crippen LogP contribution in [-0.4, -0.2) is 92.0 Å². The fourth-order valence-corrected chi connectivity index (χ4v) is 8.66. The number of nitrogens with one attached hydrogen (secondary N) is 4. The van der Waals surface area contributed by atoms with Gasteiger partial charge in [0.05, 0.1) is 32.5 Å². The maximum atomic E-state index is 12.1. The molecule has 0 atom stereocenters. The van der Waals surface area contributed by atoms with Crippen LogP contribution in [0.25, 0.3) is 21.5 Å². The molecule has 2 heterocycles. The predicted molar refractivity (Wildman–Crippen MR) is 229 cm³/mol. The van der Waals surface area contributed by atoms with E-state index in [1.54, 1.807) is 0 Å². The molecule has 0 spiro atoms. The molecular formula is C32H24Cl2N12O14S4. The van der Waals surface area contributed by atoms with Crippen molar-refractivity contribution in [3.63, 3.8) is 0 Å². The molecule has 0 aliphatic rings. The zero-order valence-corrected chi connectivity index (χ0v) is 35.7. The van der Waals surface area contributed by atoms with E-state index in [2.05, 4.69) is 51.2 Å². The zero-order valence-electron chi connectivity index (χ0n) is 30.9. The van der Waals surface area contributed by atoms with E-state index < -0.39 is 93.5 Å². The highest BCUT2D eigenvalue weighted by molar-refractivity contribution is 7.86. The first-order chi connectivity index (χ1) is 29.6. The summed E-state index contributed by atoms with van der Waals surface area (Å²) in [5.41, 5.74) is 10.0. The summed E-state index contributed by atoms with van der Waals surface area (Å²) in [6, 6.07) is 10.9. The Morgan fingerprint density at radius 3 is 1.06 bits per heavy atom. The average molecular weight is 1000 g/mol. The van der Waals surface area contributed by atoms with Crippen molar-refractivity contribution in [3.8, 4) is 11.5 Å². The summed E-state index contributed by atoms with van der Waals surface area (Å²) in [7, 11) is -19.9. The van der Waals surface area contributed by atoms with Crippen molar-refractivity contribution in [2.24, 2.45) is 0 Å². The zero-order chi connectivity index (χ0) is 46.8. The molecule has 0 saturated heterocycles. The molecule has 14 N–H and O–H groups in total. The first-order valence-electron chi connectivity index (χ1n) is 16.8. The number of hydrogen-bond acceptors (Lipinski definition) is 22. The Kier molecular flexibility index (Phi) is 11.4. The van der Waals surface area contributed by atoms with E-state index >= 15 is 0 Å². The van der Waals surface area contributed by atoms with Crippen molar-refractivity contribution < 1.29 is 62.1 Å². The summed E-state index contributed by atoms with van der Waals surface area (Å²) in [6.45, 7) is 0. The van der Waals surface area contributed by atoms with E-state index in [-0.39, 0.29) is 56.7 Å². The topological polar surface area (TPSA) is 435 Å². The van der Waals surface area contributed by atoms with Gasteiger partial charge in [-0.2, -0.15) is 63.6 Å². The number of nitrogen functional groups attached to an aromatic ring is 2. The maximum absolute atomic E-state index is 12.1. The molecule has 26 nitrogen and oxygen atoms in total. The molecule has 0 saturated carbocycles. The summed E-state index contributed by atoms with van der Waals surface area (Å²) in [5.74, 6) is -2.88. The van der Waals surface area contributed by atoms with Gasteiger partial charge in [-0.3, -0.25) is 18.2 Å². The number of aromatic hydroxyl groups is 2. The van der Waals surface area contributed by atoms with Crippen molar-refractivity contribution >= 4 is 143 Å². The van der Waals surface area contributed by atoms with Crippen LogP contribution in [0.4, 0.5) is 57.9 Å². The van der Waals surface area contributed by atoms with Gasteiger partial charge in [0.15, 0.2) is 0 Å². The fraction of sp³-hybridized carbons (Fsp3) is 0. The highest BCUT2D eigenvalue weighted by atomic mass is 35.5. The third kappa shape index (κ3) is 9.44. The Morgan fingerprint density at radius 1 is 0.453 bits per heavy atom. The van der Waals surface area contributed by atoms with Gasteiger partial charge in [0.25, 0.3) is 40.5 Å². The van der Waals surface area contributed by atoms with Crippen molar-refractivity contribution in [2.75, 3.05) is 32.7 Å². The van der Waals surface area contributed by atoms with Crippen LogP contribution in [0.15, 0.2) is 80.2 Å². The van der Waals surface area contributed by atoms with Gasteiger partial charge >= 0.3 is 0 Å². The normalized spacial score (nSPS) is 12.3. The number of rotatable bonds is 12. The Labute approximate surface area is 368 Å². The lowest BCUT2D eigenvalue weighted by Gasteiger charge is -2.15. The van der Waals surface area contributed by atoms with E-state index in [9.17, 15) is 62.1 Å². The lowest BCUT2D eigenvalue weighted by atomic mass is 10.1. The van der Waals surface area contributed by atoms with Gasteiger partial charge in [0.1, 0.15) is 21.3 Å². The number of phenolic OH excluding ortho intramolecular Hbond substituents is 2. The van der Waals surface area contributed by atoms with E-state index in [1.165, 1.54) is 24.3 Å². The van der Waals surface area contributed by atoms with Crippen LogP contribution >= 0.6 is 23.2 Å². The molecule has 334 valence electrons. The summed E-state index contributed by atoms with van der Waals surface area (Å²) in [5, 5.41) is 30.7. The van der Waals surface area contributed by atoms with E-state index in [0.717, 1.165) is 36.4 Å². The number of fused-ring (bicyclic) bond motifs is 2. The van der Waals surface area contributed by atoms with Gasteiger partial charge in [0.2, 0.25) is 34.4 Å². The van der Waals surface area contributed by atoms with Crippen LogP contribution in [0, 0.1) is 0 Å². The van der Waals surface area contributed by atoms with Gasteiger partial charge in [-0.1, -0.05) is 0 Å². The highest BCUT2D eigenvalue weighted by Gasteiger charge is 2.26.